The van der Waals surface area contributed by atoms with Gasteiger partial charge in [0.2, 0.25) is 12.7 Å². The molecule has 6 heteroatoms. The fourth-order valence-electron chi connectivity index (χ4n) is 3.31. The molecule has 3 unspecified atom stereocenters. The first-order valence-corrected chi connectivity index (χ1v) is 9.64. The van der Waals surface area contributed by atoms with Crippen molar-refractivity contribution in [3.8, 4) is 11.5 Å². The Morgan fingerprint density at radius 2 is 1.79 bits per heavy atom. The summed E-state index contributed by atoms with van der Waals surface area (Å²) in [6.07, 6.45) is 1.23. The van der Waals surface area contributed by atoms with E-state index in [1.807, 2.05) is 56.4 Å². The van der Waals surface area contributed by atoms with Crippen LogP contribution >= 0.6 is 0 Å². The van der Waals surface area contributed by atoms with Crippen LogP contribution in [0.25, 0.3) is 0 Å². The van der Waals surface area contributed by atoms with Crippen LogP contribution in [0.2, 0.25) is 0 Å². The maximum Gasteiger partial charge on any atom is 0.238 e. The van der Waals surface area contributed by atoms with Crippen molar-refractivity contribution in [3.05, 3.63) is 59.7 Å². The number of nitrogens with one attached hydrogen (secondary N) is 1. The van der Waals surface area contributed by atoms with E-state index in [4.69, 9.17) is 15.2 Å². The third kappa shape index (κ3) is 5.03. The number of carbonyl (C=O) groups excluding carboxylic acids is 1. The molecule has 0 saturated carbocycles. The lowest BCUT2D eigenvalue weighted by atomic mass is 10.0. The van der Waals surface area contributed by atoms with Crippen LogP contribution < -0.4 is 20.5 Å². The van der Waals surface area contributed by atoms with Crippen molar-refractivity contribution in [1.29, 1.82) is 0 Å². The molecule has 6 nitrogen and oxygen atoms in total. The standard InChI is InChI=1S/C22H29N3O3/c1-15(11-18-9-10-20-21(13-18)28-14-27-20)25(3)16(2)24-22(26)19(23)12-17-7-5-4-6-8-17/h4-10,13,15-16,19H,11-12,14,23H2,1-3H3,(H,24,26). The number of nitrogens with zero attached hydrogens (tertiary/aromatic N) is 1. The highest BCUT2D eigenvalue weighted by molar-refractivity contribution is 5.82. The van der Waals surface area contributed by atoms with Crippen LogP contribution in [0.1, 0.15) is 25.0 Å². The minimum atomic E-state index is -0.567. The van der Waals surface area contributed by atoms with Crippen molar-refractivity contribution in [2.75, 3.05) is 13.8 Å². The molecule has 0 bridgehead atoms. The fraction of sp³-hybridized carbons (Fsp3) is 0.409. The molecule has 3 atom stereocenters. The quantitative estimate of drug-likeness (QED) is 0.684. The molecule has 0 fully saturated rings. The second kappa shape index (κ2) is 9.08. The number of fused-ring (bicyclic) bond motifs is 1. The predicted octanol–water partition coefficient (Wildman–Crippen LogP) is 2.31. The van der Waals surface area contributed by atoms with Crippen molar-refractivity contribution < 1.29 is 14.3 Å². The van der Waals surface area contributed by atoms with Crippen LogP contribution in [0.5, 0.6) is 11.5 Å². The zero-order valence-corrected chi connectivity index (χ0v) is 16.7. The molecule has 0 radical (unpaired) electrons. The lowest BCUT2D eigenvalue weighted by Crippen LogP contribution is -2.53. The monoisotopic (exact) mass is 383 g/mol. The average Bonchev–Trinajstić information content (AvgIpc) is 3.15. The van der Waals surface area contributed by atoms with E-state index < -0.39 is 6.04 Å². The first-order chi connectivity index (χ1) is 13.4. The molecule has 1 amide bonds. The second-order valence-electron chi connectivity index (χ2n) is 7.39. The Labute approximate surface area is 166 Å². The summed E-state index contributed by atoms with van der Waals surface area (Å²) in [4.78, 5) is 14.6. The number of carbonyl (C=O) groups is 1. The number of hydrogen-bond donors (Lipinski definition) is 2. The third-order valence-corrected chi connectivity index (χ3v) is 5.26. The number of ether oxygens (including phenoxy) is 2. The van der Waals surface area contributed by atoms with Crippen molar-refractivity contribution in [2.24, 2.45) is 5.73 Å². The summed E-state index contributed by atoms with van der Waals surface area (Å²) in [5.41, 5.74) is 8.32. The van der Waals surface area contributed by atoms with Gasteiger partial charge < -0.3 is 20.5 Å². The summed E-state index contributed by atoms with van der Waals surface area (Å²) in [6, 6.07) is 15.5. The third-order valence-electron chi connectivity index (χ3n) is 5.26. The smallest absolute Gasteiger partial charge is 0.238 e. The summed E-state index contributed by atoms with van der Waals surface area (Å²) in [6.45, 7) is 4.39. The van der Waals surface area contributed by atoms with Gasteiger partial charge in [-0.25, -0.2) is 0 Å². The molecule has 1 aliphatic heterocycles. The van der Waals surface area contributed by atoms with E-state index in [1.54, 1.807) is 0 Å². The van der Waals surface area contributed by atoms with Gasteiger partial charge in [0, 0.05) is 6.04 Å². The van der Waals surface area contributed by atoms with E-state index in [0.29, 0.717) is 6.42 Å². The summed E-state index contributed by atoms with van der Waals surface area (Å²) >= 11 is 0. The minimum Gasteiger partial charge on any atom is -0.454 e. The van der Waals surface area contributed by atoms with Gasteiger partial charge in [0.25, 0.3) is 0 Å². The largest absolute Gasteiger partial charge is 0.454 e. The number of amides is 1. The molecule has 1 aliphatic rings. The van der Waals surface area contributed by atoms with Crippen molar-refractivity contribution in [2.45, 2.75) is 44.9 Å². The molecule has 0 aromatic heterocycles. The number of rotatable bonds is 8. The molecule has 0 spiro atoms. The van der Waals surface area contributed by atoms with E-state index in [1.165, 1.54) is 5.56 Å². The maximum atomic E-state index is 12.5. The molecule has 0 aliphatic carbocycles. The van der Waals surface area contributed by atoms with Gasteiger partial charge in [0.05, 0.1) is 12.2 Å². The van der Waals surface area contributed by atoms with Gasteiger partial charge in [-0.1, -0.05) is 36.4 Å². The summed E-state index contributed by atoms with van der Waals surface area (Å²) in [7, 11) is 2.01. The molecular formula is C22H29N3O3. The number of nitrogens with two attached hydrogens (primary N) is 1. The molecule has 28 heavy (non-hydrogen) atoms. The maximum absolute atomic E-state index is 12.5. The molecule has 150 valence electrons. The normalized spacial score (nSPS) is 15.9. The van der Waals surface area contributed by atoms with Gasteiger partial charge in [-0.2, -0.15) is 0 Å². The second-order valence-corrected chi connectivity index (χ2v) is 7.39. The Kier molecular flexibility index (Phi) is 6.54. The van der Waals surface area contributed by atoms with Crippen LogP contribution in [-0.4, -0.2) is 42.9 Å². The SMILES string of the molecule is CC(Cc1ccc2c(c1)OCO2)N(C)C(C)NC(=O)C(N)Cc1ccccc1. The van der Waals surface area contributed by atoms with Gasteiger partial charge in [-0.3, -0.25) is 9.69 Å². The Bertz CT molecular complexity index is 797. The molecule has 2 aromatic rings. The molecular weight excluding hydrogens is 354 g/mol. The van der Waals surface area contributed by atoms with E-state index in [9.17, 15) is 4.79 Å². The summed E-state index contributed by atoms with van der Waals surface area (Å²) in [5.74, 6) is 1.44. The predicted molar refractivity (Wildman–Crippen MR) is 109 cm³/mol. The highest BCUT2D eigenvalue weighted by atomic mass is 16.7. The van der Waals surface area contributed by atoms with E-state index in [2.05, 4.69) is 23.2 Å². The lowest BCUT2D eigenvalue weighted by molar-refractivity contribution is -0.124. The van der Waals surface area contributed by atoms with Crippen LogP contribution in [0.4, 0.5) is 0 Å². The summed E-state index contributed by atoms with van der Waals surface area (Å²) < 4.78 is 10.8. The van der Waals surface area contributed by atoms with Gasteiger partial charge >= 0.3 is 0 Å². The molecule has 3 rings (SSSR count). The zero-order valence-electron chi connectivity index (χ0n) is 16.7. The van der Waals surface area contributed by atoms with Crippen molar-refractivity contribution in [3.63, 3.8) is 0 Å². The Hall–Kier alpha value is -2.57. The summed E-state index contributed by atoms with van der Waals surface area (Å²) in [5, 5.41) is 3.03. The first-order valence-electron chi connectivity index (χ1n) is 9.64. The average molecular weight is 383 g/mol. The fourth-order valence-corrected chi connectivity index (χ4v) is 3.31. The highest BCUT2D eigenvalue weighted by Gasteiger charge is 2.22. The van der Waals surface area contributed by atoms with E-state index >= 15 is 0 Å². The first kappa shape index (κ1) is 20.2. The Morgan fingerprint density at radius 1 is 1.07 bits per heavy atom. The van der Waals surface area contributed by atoms with E-state index in [0.717, 1.165) is 23.5 Å². The van der Waals surface area contributed by atoms with Crippen molar-refractivity contribution >= 4 is 5.91 Å². The number of hydrogen-bond acceptors (Lipinski definition) is 5. The van der Waals surface area contributed by atoms with Gasteiger partial charge in [0.1, 0.15) is 0 Å². The van der Waals surface area contributed by atoms with Crippen LogP contribution in [0, 0.1) is 0 Å². The van der Waals surface area contributed by atoms with E-state index in [-0.39, 0.29) is 24.9 Å². The van der Waals surface area contributed by atoms with Gasteiger partial charge in [0.15, 0.2) is 11.5 Å². The van der Waals surface area contributed by atoms with Crippen LogP contribution in [0.15, 0.2) is 48.5 Å². The van der Waals surface area contributed by atoms with Crippen molar-refractivity contribution in [1.82, 2.24) is 10.2 Å². The molecule has 2 aromatic carbocycles. The zero-order chi connectivity index (χ0) is 20.1. The van der Waals surface area contributed by atoms with Gasteiger partial charge in [-0.05, 0) is 57.0 Å². The molecule has 0 saturated heterocycles. The Balaban J connectivity index is 1.51. The lowest BCUT2D eigenvalue weighted by Gasteiger charge is -2.32. The van der Waals surface area contributed by atoms with Crippen LogP contribution in [-0.2, 0) is 17.6 Å². The topological polar surface area (TPSA) is 76.8 Å². The Morgan fingerprint density at radius 3 is 2.54 bits per heavy atom. The number of likely N-dealkylation sites (N-methyl/N-ethyl adjacent to an activating group) is 1. The van der Waals surface area contributed by atoms with Gasteiger partial charge in [-0.15, -0.1) is 0 Å². The molecule has 3 N–H and O–H groups in total. The molecule has 1 heterocycles. The van der Waals surface area contributed by atoms with Crippen LogP contribution in [0.3, 0.4) is 0 Å². The number of benzene rings is 2. The highest BCUT2D eigenvalue weighted by Crippen LogP contribution is 2.33. The minimum absolute atomic E-state index is 0.127.